The van der Waals surface area contributed by atoms with Crippen LogP contribution in [0.3, 0.4) is 0 Å². The Morgan fingerprint density at radius 2 is 2.14 bits per heavy atom. The molecule has 5 heteroatoms. The van der Waals surface area contributed by atoms with E-state index in [0.717, 1.165) is 11.1 Å². The van der Waals surface area contributed by atoms with Gasteiger partial charge in [0.1, 0.15) is 6.54 Å². The number of pyridine rings is 1. The first-order valence-corrected chi connectivity index (χ1v) is 6.89. The highest BCUT2D eigenvalue weighted by molar-refractivity contribution is 5.82. The maximum atomic E-state index is 12.0. The summed E-state index contributed by atoms with van der Waals surface area (Å²) in [6, 6.07) is 7.10. The Balaban J connectivity index is 2.25. The van der Waals surface area contributed by atoms with Crippen molar-refractivity contribution >= 4 is 16.8 Å². The van der Waals surface area contributed by atoms with Crippen molar-refractivity contribution in [3.8, 4) is 0 Å². The van der Waals surface area contributed by atoms with Gasteiger partial charge in [0.15, 0.2) is 5.43 Å². The summed E-state index contributed by atoms with van der Waals surface area (Å²) in [5.74, 6) is -0.106. The molecule has 1 aromatic carbocycles. The van der Waals surface area contributed by atoms with E-state index < -0.39 is 0 Å². The van der Waals surface area contributed by atoms with Crippen molar-refractivity contribution in [1.82, 2.24) is 9.88 Å². The Morgan fingerprint density at radius 1 is 1.38 bits per heavy atom. The van der Waals surface area contributed by atoms with E-state index in [4.69, 9.17) is 4.74 Å². The van der Waals surface area contributed by atoms with Crippen molar-refractivity contribution < 1.29 is 9.53 Å². The van der Waals surface area contributed by atoms with E-state index in [2.05, 4.69) is 5.32 Å². The number of hydrogen-bond acceptors (Lipinski definition) is 3. The third-order valence-electron chi connectivity index (χ3n) is 3.27. The van der Waals surface area contributed by atoms with Gasteiger partial charge in [-0.2, -0.15) is 0 Å². The van der Waals surface area contributed by atoms with Gasteiger partial charge in [0.2, 0.25) is 5.91 Å². The van der Waals surface area contributed by atoms with Crippen LogP contribution in [0.4, 0.5) is 0 Å². The molecule has 0 saturated heterocycles. The quantitative estimate of drug-likeness (QED) is 0.906. The van der Waals surface area contributed by atoms with Crippen LogP contribution < -0.4 is 10.7 Å². The molecule has 0 aliphatic rings. The second-order valence-corrected chi connectivity index (χ2v) is 5.25. The van der Waals surface area contributed by atoms with Crippen molar-refractivity contribution in [3.05, 3.63) is 46.2 Å². The highest BCUT2D eigenvalue weighted by Crippen LogP contribution is 2.12. The fraction of sp³-hybridized carbons (Fsp3) is 0.375. The standard InChI is InChI=1S/C16H20N2O3/c1-11-4-5-14-13(8-11)15(19)6-7-18(14)9-16(20)17-12(2)10-21-3/h4-8,12H,9-10H2,1-3H3,(H,17,20)/t12-/m0/s1. The van der Waals surface area contributed by atoms with Gasteiger partial charge in [0.25, 0.3) is 0 Å². The smallest absolute Gasteiger partial charge is 0.240 e. The number of aromatic nitrogens is 1. The number of nitrogens with zero attached hydrogens (tertiary/aromatic N) is 1. The second-order valence-electron chi connectivity index (χ2n) is 5.25. The van der Waals surface area contributed by atoms with Gasteiger partial charge in [-0.3, -0.25) is 9.59 Å². The summed E-state index contributed by atoms with van der Waals surface area (Å²) in [4.78, 5) is 23.9. The lowest BCUT2D eigenvalue weighted by molar-refractivity contribution is -0.122. The monoisotopic (exact) mass is 288 g/mol. The third-order valence-corrected chi connectivity index (χ3v) is 3.27. The second kappa shape index (κ2) is 6.54. The number of fused-ring (bicyclic) bond motifs is 1. The zero-order chi connectivity index (χ0) is 15.4. The third kappa shape index (κ3) is 3.70. The molecule has 1 heterocycles. The minimum absolute atomic E-state index is 0.0295. The molecule has 0 radical (unpaired) electrons. The summed E-state index contributed by atoms with van der Waals surface area (Å²) in [6.45, 7) is 4.47. The Hall–Kier alpha value is -2.14. The molecule has 0 unspecified atom stereocenters. The van der Waals surface area contributed by atoms with Crippen LogP contribution in [-0.4, -0.2) is 30.2 Å². The number of carbonyl (C=O) groups is 1. The Kier molecular flexibility index (Phi) is 4.75. The summed E-state index contributed by atoms with van der Waals surface area (Å²) >= 11 is 0. The average Bonchev–Trinajstić information content (AvgIpc) is 2.42. The molecule has 0 aliphatic heterocycles. The van der Waals surface area contributed by atoms with Gasteiger partial charge in [0.05, 0.1) is 12.1 Å². The molecule has 21 heavy (non-hydrogen) atoms. The summed E-state index contributed by atoms with van der Waals surface area (Å²) in [5, 5.41) is 3.49. The molecule has 0 bridgehead atoms. The zero-order valence-corrected chi connectivity index (χ0v) is 12.6. The number of carbonyl (C=O) groups excluding carboxylic acids is 1. The van der Waals surface area contributed by atoms with Crippen molar-refractivity contribution in [2.24, 2.45) is 0 Å². The molecule has 2 aromatic rings. The highest BCUT2D eigenvalue weighted by Gasteiger charge is 2.09. The summed E-state index contributed by atoms with van der Waals surface area (Å²) < 4.78 is 6.77. The van der Waals surface area contributed by atoms with Gasteiger partial charge < -0.3 is 14.6 Å². The van der Waals surface area contributed by atoms with E-state index in [1.807, 2.05) is 32.0 Å². The Labute approximate surface area is 123 Å². The Bertz CT molecular complexity index is 706. The van der Waals surface area contributed by atoms with Gasteiger partial charge in [-0.15, -0.1) is 0 Å². The average molecular weight is 288 g/mol. The first-order valence-electron chi connectivity index (χ1n) is 6.89. The number of methoxy groups -OCH3 is 1. The lowest BCUT2D eigenvalue weighted by Crippen LogP contribution is -2.37. The van der Waals surface area contributed by atoms with Crippen LogP contribution in [0, 0.1) is 6.92 Å². The lowest BCUT2D eigenvalue weighted by atomic mass is 10.1. The van der Waals surface area contributed by atoms with Crippen LogP contribution in [0.1, 0.15) is 12.5 Å². The Morgan fingerprint density at radius 3 is 2.86 bits per heavy atom. The molecule has 1 aromatic heterocycles. The van der Waals surface area contributed by atoms with Crippen molar-refractivity contribution in [1.29, 1.82) is 0 Å². The van der Waals surface area contributed by atoms with Crippen LogP contribution in [0.25, 0.3) is 10.9 Å². The first-order chi connectivity index (χ1) is 10.0. The van der Waals surface area contributed by atoms with Crippen LogP contribution >= 0.6 is 0 Å². The first kappa shape index (κ1) is 15.3. The number of aryl methyl sites for hydroxylation is 1. The largest absolute Gasteiger partial charge is 0.383 e. The predicted molar refractivity (Wildman–Crippen MR) is 82.4 cm³/mol. The minimum Gasteiger partial charge on any atom is -0.383 e. The van der Waals surface area contributed by atoms with Gasteiger partial charge in [-0.1, -0.05) is 11.6 Å². The van der Waals surface area contributed by atoms with E-state index in [9.17, 15) is 9.59 Å². The normalized spacial score (nSPS) is 12.3. The van der Waals surface area contributed by atoms with Gasteiger partial charge in [-0.05, 0) is 26.0 Å². The van der Waals surface area contributed by atoms with Crippen LogP contribution in [0.15, 0.2) is 35.3 Å². The number of rotatable bonds is 5. The van der Waals surface area contributed by atoms with Gasteiger partial charge in [0, 0.05) is 30.8 Å². The molecular weight excluding hydrogens is 268 g/mol. The number of hydrogen-bond donors (Lipinski definition) is 1. The molecule has 0 fully saturated rings. The molecule has 2 rings (SSSR count). The molecule has 1 atom stereocenters. The van der Waals surface area contributed by atoms with Gasteiger partial charge in [-0.25, -0.2) is 0 Å². The van der Waals surface area contributed by atoms with E-state index in [1.165, 1.54) is 6.07 Å². The minimum atomic E-state index is -0.106. The van der Waals surface area contributed by atoms with Crippen LogP contribution in [-0.2, 0) is 16.1 Å². The summed E-state index contributed by atoms with van der Waals surface area (Å²) in [5.41, 5.74) is 1.76. The molecule has 112 valence electrons. The molecular formula is C16H20N2O3. The number of nitrogens with one attached hydrogen (secondary N) is 1. The summed E-state index contributed by atoms with van der Waals surface area (Å²) in [6.07, 6.45) is 1.65. The fourth-order valence-corrected chi connectivity index (χ4v) is 2.33. The van der Waals surface area contributed by atoms with E-state index in [1.54, 1.807) is 17.9 Å². The SMILES string of the molecule is COC[C@H](C)NC(=O)Cn1ccc(=O)c2cc(C)ccc21. The zero-order valence-electron chi connectivity index (χ0n) is 12.6. The maximum Gasteiger partial charge on any atom is 0.240 e. The number of amides is 1. The molecule has 5 nitrogen and oxygen atoms in total. The van der Waals surface area contributed by atoms with Crippen LogP contribution in [0.2, 0.25) is 0 Å². The molecule has 0 spiro atoms. The molecule has 0 saturated carbocycles. The molecule has 1 amide bonds. The maximum absolute atomic E-state index is 12.0. The predicted octanol–water partition coefficient (Wildman–Crippen LogP) is 1.46. The highest BCUT2D eigenvalue weighted by atomic mass is 16.5. The van der Waals surface area contributed by atoms with E-state index >= 15 is 0 Å². The number of ether oxygens (including phenoxy) is 1. The fourth-order valence-electron chi connectivity index (χ4n) is 2.33. The number of benzene rings is 1. The molecule has 0 aliphatic carbocycles. The van der Waals surface area contributed by atoms with Crippen molar-refractivity contribution in [2.45, 2.75) is 26.4 Å². The topological polar surface area (TPSA) is 60.3 Å². The lowest BCUT2D eigenvalue weighted by Gasteiger charge is -2.15. The van der Waals surface area contributed by atoms with E-state index in [0.29, 0.717) is 12.0 Å². The summed E-state index contributed by atoms with van der Waals surface area (Å²) in [7, 11) is 1.60. The molecule has 1 N–H and O–H groups in total. The van der Waals surface area contributed by atoms with Crippen molar-refractivity contribution in [2.75, 3.05) is 13.7 Å². The van der Waals surface area contributed by atoms with Crippen molar-refractivity contribution in [3.63, 3.8) is 0 Å². The van der Waals surface area contributed by atoms with Crippen LogP contribution in [0.5, 0.6) is 0 Å². The van der Waals surface area contributed by atoms with Gasteiger partial charge >= 0.3 is 0 Å². The van der Waals surface area contributed by atoms with E-state index in [-0.39, 0.29) is 23.9 Å².